The van der Waals surface area contributed by atoms with E-state index in [4.69, 9.17) is 4.74 Å². The first-order valence-corrected chi connectivity index (χ1v) is 8.95. The van der Waals surface area contributed by atoms with E-state index in [0.29, 0.717) is 12.1 Å². The standard InChI is InChI=1S/C20H17FN6O/c1-28-17-9-14-16(10-15(17)21)22-12-23-20(14)26-7-8-27-18(11-26)24-25-19(27)13-5-3-2-4-6-13/h2-6,9-10,12H,7-8,11H2,1H3. The van der Waals surface area contributed by atoms with E-state index in [2.05, 4.69) is 29.6 Å². The molecule has 2 aromatic heterocycles. The van der Waals surface area contributed by atoms with Crippen molar-refractivity contribution in [2.45, 2.75) is 13.1 Å². The molecular weight excluding hydrogens is 359 g/mol. The molecule has 28 heavy (non-hydrogen) atoms. The minimum absolute atomic E-state index is 0.176. The van der Waals surface area contributed by atoms with Crippen LogP contribution < -0.4 is 9.64 Å². The molecule has 0 amide bonds. The zero-order valence-electron chi connectivity index (χ0n) is 15.2. The van der Waals surface area contributed by atoms with Crippen LogP contribution in [0.1, 0.15) is 5.82 Å². The Morgan fingerprint density at radius 3 is 2.71 bits per heavy atom. The summed E-state index contributed by atoms with van der Waals surface area (Å²) in [6.07, 6.45) is 1.46. The molecule has 0 saturated heterocycles. The van der Waals surface area contributed by atoms with Crippen molar-refractivity contribution >= 4 is 16.7 Å². The SMILES string of the molecule is COc1cc2c(N3CCn4c(nnc4-c4ccccc4)C3)ncnc2cc1F. The normalized spacial score (nSPS) is 13.6. The van der Waals surface area contributed by atoms with Crippen LogP contribution in [-0.2, 0) is 13.1 Å². The molecule has 0 N–H and O–H groups in total. The van der Waals surface area contributed by atoms with Gasteiger partial charge in [0.05, 0.1) is 19.2 Å². The molecule has 1 aliphatic heterocycles. The highest BCUT2D eigenvalue weighted by molar-refractivity contribution is 5.90. The number of methoxy groups -OCH3 is 1. The summed E-state index contributed by atoms with van der Waals surface area (Å²) in [6, 6.07) is 13.0. The van der Waals surface area contributed by atoms with E-state index in [1.165, 1.54) is 19.5 Å². The fourth-order valence-corrected chi connectivity index (χ4v) is 3.59. The number of benzene rings is 2. The minimum atomic E-state index is -0.439. The molecule has 0 saturated carbocycles. The maximum atomic E-state index is 14.0. The number of fused-ring (bicyclic) bond motifs is 2. The molecule has 140 valence electrons. The third-order valence-corrected chi connectivity index (χ3v) is 4.97. The van der Waals surface area contributed by atoms with Crippen LogP contribution in [0.25, 0.3) is 22.3 Å². The lowest BCUT2D eigenvalue weighted by Gasteiger charge is -2.29. The van der Waals surface area contributed by atoms with E-state index in [1.54, 1.807) is 6.07 Å². The van der Waals surface area contributed by atoms with E-state index in [0.717, 1.165) is 41.5 Å². The third kappa shape index (κ3) is 2.65. The lowest BCUT2D eigenvalue weighted by Crippen LogP contribution is -2.34. The molecule has 5 rings (SSSR count). The van der Waals surface area contributed by atoms with Crippen LogP contribution in [0.15, 0.2) is 48.8 Å². The molecule has 0 bridgehead atoms. The van der Waals surface area contributed by atoms with Gasteiger partial charge in [-0.3, -0.25) is 0 Å². The van der Waals surface area contributed by atoms with Crippen LogP contribution in [0, 0.1) is 5.82 Å². The van der Waals surface area contributed by atoms with Crippen molar-refractivity contribution in [2.24, 2.45) is 0 Å². The Kier molecular flexibility index (Phi) is 3.89. The Morgan fingerprint density at radius 1 is 1.04 bits per heavy atom. The summed E-state index contributed by atoms with van der Waals surface area (Å²) < 4.78 is 21.3. The van der Waals surface area contributed by atoms with Crippen molar-refractivity contribution in [3.8, 4) is 17.1 Å². The van der Waals surface area contributed by atoms with Gasteiger partial charge in [-0.05, 0) is 6.07 Å². The summed E-state index contributed by atoms with van der Waals surface area (Å²) in [5.41, 5.74) is 1.59. The van der Waals surface area contributed by atoms with Gasteiger partial charge in [0.15, 0.2) is 23.2 Å². The Bertz CT molecular complexity index is 1160. The van der Waals surface area contributed by atoms with Crippen LogP contribution in [0.4, 0.5) is 10.2 Å². The maximum Gasteiger partial charge on any atom is 0.167 e. The van der Waals surface area contributed by atoms with Gasteiger partial charge in [0.2, 0.25) is 0 Å². The Morgan fingerprint density at radius 2 is 1.89 bits per heavy atom. The Labute approximate surface area is 160 Å². The van der Waals surface area contributed by atoms with E-state index >= 15 is 0 Å². The summed E-state index contributed by atoms with van der Waals surface area (Å²) in [5.74, 6) is 2.21. The minimum Gasteiger partial charge on any atom is -0.494 e. The van der Waals surface area contributed by atoms with Crippen LogP contribution in [-0.4, -0.2) is 38.4 Å². The molecule has 3 heterocycles. The van der Waals surface area contributed by atoms with Crippen LogP contribution in [0.3, 0.4) is 0 Å². The largest absolute Gasteiger partial charge is 0.494 e. The van der Waals surface area contributed by atoms with E-state index in [1.807, 2.05) is 30.3 Å². The second-order valence-corrected chi connectivity index (χ2v) is 6.58. The van der Waals surface area contributed by atoms with Crippen LogP contribution >= 0.6 is 0 Å². The van der Waals surface area contributed by atoms with E-state index in [-0.39, 0.29) is 5.75 Å². The van der Waals surface area contributed by atoms with Gasteiger partial charge in [0.1, 0.15) is 12.1 Å². The lowest BCUT2D eigenvalue weighted by atomic mass is 10.2. The van der Waals surface area contributed by atoms with Gasteiger partial charge in [-0.15, -0.1) is 10.2 Å². The summed E-state index contributed by atoms with van der Waals surface area (Å²) in [4.78, 5) is 10.8. The molecule has 0 unspecified atom stereocenters. The molecule has 4 aromatic rings. The average Bonchev–Trinajstić information content (AvgIpc) is 3.16. The molecule has 8 heteroatoms. The van der Waals surface area contributed by atoms with Gasteiger partial charge < -0.3 is 14.2 Å². The smallest absolute Gasteiger partial charge is 0.167 e. The monoisotopic (exact) mass is 376 g/mol. The molecular formula is C20H17FN6O. The molecule has 0 fully saturated rings. The van der Waals surface area contributed by atoms with Crippen LogP contribution in [0.2, 0.25) is 0 Å². The molecule has 2 aromatic carbocycles. The van der Waals surface area contributed by atoms with Crippen molar-refractivity contribution in [1.29, 1.82) is 0 Å². The number of nitrogens with zero attached hydrogens (tertiary/aromatic N) is 6. The third-order valence-electron chi connectivity index (χ3n) is 4.97. The van der Waals surface area contributed by atoms with Crippen molar-refractivity contribution < 1.29 is 9.13 Å². The van der Waals surface area contributed by atoms with Gasteiger partial charge in [-0.25, -0.2) is 14.4 Å². The number of rotatable bonds is 3. The van der Waals surface area contributed by atoms with Gasteiger partial charge >= 0.3 is 0 Å². The highest BCUT2D eigenvalue weighted by atomic mass is 19.1. The number of ether oxygens (including phenoxy) is 1. The second-order valence-electron chi connectivity index (χ2n) is 6.58. The molecule has 0 radical (unpaired) electrons. The average molecular weight is 376 g/mol. The van der Waals surface area contributed by atoms with Gasteiger partial charge in [0.25, 0.3) is 0 Å². The predicted octanol–water partition coefficient (Wildman–Crippen LogP) is 3.06. The van der Waals surface area contributed by atoms with Crippen molar-refractivity contribution in [3.63, 3.8) is 0 Å². The lowest BCUT2D eigenvalue weighted by molar-refractivity contribution is 0.387. The van der Waals surface area contributed by atoms with E-state index < -0.39 is 5.82 Å². The summed E-state index contributed by atoms with van der Waals surface area (Å²) in [6.45, 7) is 2.03. The second kappa shape index (κ2) is 6.56. The molecule has 0 atom stereocenters. The molecule has 0 spiro atoms. The number of aromatic nitrogens is 5. The highest BCUT2D eigenvalue weighted by Gasteiger charge is 2.24. The van der Waals surface area contributed by atoms with Crippen molar-refractivity contribution in [2.75, 3.05) is 18.6 Å². The molecule has 0 aliphatic carbocycles. The zero-order chi connectivity index (χ0) is 19.1. The van der Waals surface area contributed by atoms with Crippen molar-refractivity contribution in [3.05, 3.63) is 60.4 Å². The van der Waals surface area contributed by atoms with Crippen molar-refractivity contribution in [1.82, 2.24) is 24.7 Å². The van der Waals surface area contributed by atoms with E-state index in [9.17, 15) is 4.39 Å². The first kappa shape index (κ1) is 16.6. The zero-order valence-corrected chi connectivity index (χ0v) is 15.2. The Balaban J connectivity index is 1.53. The first-order valence-electron chi connectivity index (χ1n) is 8.95. The number of hydrogen-bond acceptors (Lipinski definition) is 6. The number of hydrogen-bond donors (Lipinski definition) is 0. The fraction of sp³-hybridized carbons (Fsp3) is 0.200. The number of halogens is 1. The first-order chi connectivity index (χ1) is 13.7. The quantitative estimate of drug-likeness (QED) is 0.547. The maximum absolute atomic E-state index is 14.0. The van der Waals surface area contributed by atoms with Crippen LogP contribution in [0.5, 0.6) is 5.75 Å². The molecule has 1 aliphatic rings. The highest BCUT2D eigenvalue weighted by Crippen LogP contribution is 2.31. The number of anilines is 1. The summed E-state index contributed by atoms with van der Waals surface area (Å²) in [5, 5.41) is 9.51. The van der Waals surface area contributed by atoms with Gasteiger partial charge in [-0.1, -0.05) is 30.3 Å². The molecule has 7 nitrogen and oxygen atoms in total. The predicted molar refractivity (Wildman–Crippen MR) is 103 cm³/mol. The fourth-order valence-electron chi connectivity index (χ4n) is 3.59. The van der Waals surface area contributed by atoms with Gasteiger partial charge in [-0.2, -0.15) is 0 Å². The Hall–Kier alpha value is -3.55. The summed E-state index contributed by atoms with van der Waals surface area (Å²) >= 11 is 0. The summed E-state index contributed by atoms with van der Waals surface area (Å²) in [7, 11) is 1.45. The topological polar surface area (TPSA) is 69.0 Å². The van der Waals surface area contributed by atoms with Gasteiger partial charge in [0, 0.05) is 30.1 Å².